The number of primary sulfonamides is 1. The van der Waals surface area contributed by atoms with E-state index in [0.717, 1.165) is 0 Å². The van der Waals surface area contributed by atoms with Gasteiger partial charge in [0.1, 0.15) is 5.56 Å². The molecule has 0 amide bonds. The number of rotatable bonds is 3. The lowest BCUT2D eigenvalue weighted by molar-refractivity contribution is -0.277. The Bertz CT molecular complexity index is 640. The number of hydrogen-bond acceptors (Lipinski definition) is 5. The van der Waals surface area contributed by atoms with E-state index >= 15 is 0 Å². The number of halogens is 6. The van der Waals surface area contributed by atoms with Gasteiger partial charge in [0.05, 0.1) is 5.69 Å². The molecule has 0 atom stereocenters. The van der Waals surface area contributed by atoms with Crippen molar-refractivity contribution in [2.24, 2.45) is 10.9 Å². The van der Waals surface area contributed by atoms with E-state index in [4.69, 9.17) is 5.73 Å². The van der Waals surface area contributed by atoms with Crippen LogP contribution in [0, 0.1) is 0 Å². The average Bonchev–Trinajstić information content (AvgIpc) is 2.23. The molecule has 1 aromatic heterocycles. The Morgan fingerprint density at radius 3 is 2.05 bits per heavy atom. The largest absolute Gasteiger partial charge is 0.573 e. The predicted molar refractivity (Wildman–Crippen MR) is 55.2 cm³/mol. The van der Waals surface area contributed by atoms with Crippen LogP contribution in [0.25, 0.3) is 0 Å². The van der Waals surface area contributed by atoms with E-state index in [0.29, 0.717) is 0 Å². The minimum atomic E-state index is -5.58. The lowest BCUT2D eigenvalue weighted by Crippen LogP contribution is -2.25. The van der Waals surface area contributed by atoms with Crippen molar-refractivity contribution >= 4 is 10.0 Å². The molecule has 0 aliphatic carbocycles. The summed E-state index contributed by atoms with van der Waals surface area (Å²) in [5.74, 6) is -2.05. The Hall–Kier alpha value is -1.60. The molecule has 13 heteroatoms. The normalized spacial score (nSPS) is 13.3. The molecule has 4 N–H and O–H groups in total. The molecule has 0 aromatic carbocycles. The van der Waals surface area contributed by atoms with E-state index in [2.05, 4.69) is 14.9 Å². The highest BCUT2D eigenvalue weighted by atomic mass is 32.2. The first-order chi connectivity index (χ1) is 9.25. The van der Waals surface area contributed by atoms with Gasteiger partial charge in [-0.25, -0.2) is 18.5 Å². The van der Waals surface area contributed by atoms with Gasteiger partial charge >= 0.3 is 12.5 Å². The van der Waals surface area contributed by atoms with Crippen LogP contribution >= 0.6 is 0 Å². The third-order valence-corrected chi connectivity index (χ3v) is 2.81. The summed E-state index contributed by atoms with van der Waals surface area (Å²) < 4.78 is 100. The number of hydrogen-bond donors (Lipinski definition) is 2. The molecule has 0 aliphatic rings. The first-order valence-electron chi connectivity index (χ1n) is 4.85. The highest BCUT2D eigenvalue weighted by molar-refractivity contribution is 7.89. The molecule has 1 aromatic rings. The fourth-order valence-electron chi connectivity index (χ4n) is 1.28. The maximum Gasteiger partial charge on any atom is 0.573 e. The number of alkyl halides is 6. The van der Waals surface area contributed by atoms with Gasteiger partial charge in [-0.2, -0.15) is 13.2 Å². The molecule has 0 unspecified atom stereocenters. The molecule has 0 aliphatic heterocycles. The molecule has 120 valence electrons. The summed E-state index contributed by atoms with van der Waals surface area (Å²) >= 11 is 0. The second-order valence-corrected chi connectivity index (χ2v) is 5.07. The Balaban J connectivity index is 3.76. The van der Waals surface area contributed by atoms with Gasteiger partial charge in [0, 0.05) is 6.54 Å². The Morgan fingerprint density at radius 2 is 1.71 bits per heavy atom. The zero-order valence-corrected chi connectivity index (χ0v) is 10.6. The van der Waals surface area contributed by atoms with Crippen molar-refractivity contribution < 1.29 is 39.5 Å². The number of aromatic nitrogens is 1. The summed E-state index contributed by atoms with van der Waals surface area (Å²) in [7, 11) is -5.01. The fourth-order valence-corrected chi connectivity index (χ4v) is 1.94. The second kappa shape index (κ2) is 5.31. The molecule has 0 fully saturated rings. The summed E-state index contributed by atoms with van der Waals surface area (Å²) in [6, 6.07) is 0.149. The summed E-state index contributed by atoms with van der Waals surface area (Å²) in [6.45, 7) is -0.655. The second-order valence-electron chi connectivity index (χ2n) is 3.59. The molecule has 0 bridgehead atoms. The highest BCUT2D eigenvalue weighted by Crippen LogP contribution is 2.41. The van der Waals surface area contributed by atoms with E-state index in [1.807, 2.05) is 0 Å². The Morgan fingerprint density at radius 1 is 1.19 bits per heavy atom. The van der Waals surface area contributed by atoms with Crippen molar-refractivity contribution in [3.63, 3.8) is 0 Å². The van der Waals surface area contributed by atoms with E-state index < -0.39 is 51.1 Å². The van der Waals surface area contributed by atoms with Crippen LogP contribution in [0.2, 0.25) is 0 Å². The third-order valence-electron chi connectivity index (χ3n) is 2.00. The molecule has 1 rings (SSSR count). The molecule has 1 heterocycles. The SMILES string of the molecule is NCc1cc(C(F)(F)F)c(OC(F)(F)F)c(S(N)(=O)=O)n1. The minimum Gasteiger partial charge on any atom is -0.402 e. The highest BCUT2D eigenvalue weighted by Gasteiger charge is 2.43. The minimum absolute atomic E-state index is 0.149. The van der Waals surface area contributed by atoms with Crippen LogP contribution < -0.4 is 15.6 Å². The van der Waals surface area contributed by atoms with Crippen molar-refractivity contribution in [2.75, 3.05) is 0 Å². The third kappa shape index (κ3) is 4.44. The predicted octanol–water partition coefficient (Wildman–Crippen LogP) is 1.11. The van der Waals surface area contributed by atoms with E-state index in [9.17, 15) is 34.8 Å². The first kappa shape index (κ1) is 17.5. The molecule has 0 spiro atoms. The van der Waals surface area contributed by atoms with Crippen LogP contribution in [0.4, 0.5) is 26.3 Å². The van der Waals surface area contributed by atoms with E-state index in [1.54, 1.807) is 0 Å². The van der Waals surface area contributed by atoms with Crippen LogP contribution in [-0.4, -0.2) is 19.8 Å². The number of nitrogens with two attached hydrogens (primary N) is 2. The van der Waals surface area contributed by atoms with Gasteiger partial charge in [-0.05, 0) is 6.07 Å². The van der Waals surface area contributed by atoms with E-state index in [1.165, 1.54) is 0 Å². The summed E-state index contributed by atoms with van der Waals surface area (Å²) in [6.07, 6.45) is -10.9. The molecule has 0 saturated carbocycles. The van der Waals surface area contributed by atoms with Gasteiger partial charge in [-0.15, -0.1) is 13.2 Å². The number of pyridine rings is 1. The van der Waals surface area contributed by atoms with Crippen molar-refractivity contribution in [3.05, 3.63) is 17.3 Å². The van der Waals surface area contributed by atoms with Crippen molar-refractivity contribution in [3.8, 4) is 5.75 Å². The Labute approximate surface area is 113 Å². The van der Waals surface area contributed by atoms with Crippen molar-refractivity contribution in [1.82, 2.24) is 4.98 Å². The topological polar surface area (TPSA) is 108 Å². The van der Waals surface area contributed by atoms with Gasteiger partial charge in [0.2, 0.25) is 5.03 Å². The molecule has 0 radical (unpaired) electrons. The summed E-state index contributed by atoms with van der Waals surface area (Å²) in [4.78, 5) is 3.06. The van der Waals surface area contributed by atoms with Gasteiger partial charge in [-0.1, -0.05) is 0 Å². The smallest absolute Gasteiger partial charge is 0.402 e. The van der Waals surface area contributed by atoms with Crippen LogP contribution in [-0.2, 0) is 22.7 Å². The number of ether oxygens (including phenoxy) is 1. The van der Waals surface area contributed by atoms with Crippen LogP contribution in [0.5, 0.6) is 5.75 Å². The number of sulfonamides is 1. The van der Waals surface area contributed by atoms with Crippen molar-refractivity contribution in [2.45, 2.75) is 24.1 Å². The van der Waals surface area contributed by atoms with Gasteiger partial charge < -0.3 is 10.5 Å². The quantitative estimate of drug-likeness (QED) is 0.802. The molecule has 21 heavy (non-hydrogen) atoms. The lowest BCUT2D eigenvalue weighted by Gasteiger charge is -2.18. The lowest BCUT2D eigenvalue weighted by atomic mass is 10.2. The fraction of sp³-hybridized carbons (Fsp3) is 0.375. The maximum atomic E-state index is 12.8. The van der Waals surface area contributed by atoms with E-state index in [-0.39, 0.29) is 6.07 Å². The maximum absolute atomic E-state index is 12.8. The van der Waals surface area contributed by atoms with Crippen molar-refractivity contribution in [1.29, 1.82) is 0 Å². The number of nitrogens with zero attached hydrogens (tertiary/aromatic N) is 1. The standard InChI is InChI=1S/C8H7F6N3O3S/c9-7(10,11)4-1-3(2-15)17-6(21(16,18)19)5(4)20-8(12,13)14/h1H,2,15H2,(H2,16,18,19). The molecule has 6 nitrogen and oxygen atoms in total. The summed E-state index contributed by atoms with van der Waals surface area (Å²) in [5.41, 5.74) is 2.40. The van der Waals surface area contributed by atoms with Crippen LogP contribution in [0.3, 0.4) is 0 Å². The van der Waals surface area contributed by atoms with Crippen LogP contribution in [0.1, 0.15) is 11.3 Å². The first-order valence-corrected chi connectivity index (χ1v) is 6.40. The zero-order valence-electron chi connectivity index (χ0n) is 9.79. The Kier molecular flexibility index (Phi) is 4.41. The van der Waals surface area contributed by atoms with Crippen LogP contribution in [0.15, 0.2) is 11.1 Å². The molecule has 0 saturated heterocycles. The molecular formula is C8H7F6N3O3S. The van der Waals surface area contributed by atoms with Gasteiger partial charge in [-0.3, -0.25) is 0 Å². The zero-order chi connectivity index (χ0) is 16.6. The summed E-state index contributed by atoms with van der Waals surface area (Å²) in [5, 5.41) is 2.87. The van der Waals surface area contributed by atoms with Gasteiger partial charge in [0.15, 0.2) is 5.75 Å². The molecular weight excluding hydrogens is 332 g/mol. The average molecular weight is 339 g/mol. The monoisotopic (exact) mass is 339 g/mol. The van der Waals surface area contributed by atoms with Gasteiger partial charge in [0.25, 0.3) is 10.0 Å².